The van der Waals surface area contributed by atoms with Crippen LogP contribution in [-0.4, -0.2) is 35.9 Å². The van der Waals surface area contributed by atoms with E-state index in [1.165, 1.54) is 5.56 Å². The summed E-state index contributed by atoms with van der Waals surface area (Å²) in [6, 6.07) is 12.1. The summed E-state index contributed by atoms with van der Waals surface area (Å²) in [4.78, 5) is 11.9. The molecule has 0 unspecified atom stereocenters. The molecule has 0 aliphatic heterocycles. The zero-order valence-electron chi connectivity index (χ0n) is 13.7. The van der Waals surface area contributed by atoms with Gasteiger partial charge in [-0.15, -0.1) is 0 Å². The molecular formula is C18H25N3O2. The van der Waals surface area contributed by atoms with Crippen LogP contribution in [-0.2, 0) is 17.6 Å². The third kappa shape index (κ3) is 6.24. The van der Waals surface area contributed by atoms with Crippen molar-refractivity contribution >= 4 is 5.91 Å². The molecule has 2 aromatic rings. The predicted molar refractivity (Wildman–Crippen MR) is 90.5 cm³/mol. The van der Waals surface area contributed by atoms with Crippen molar-refractivity contribution < 1.29 is 9.53 Å². The highest BCUT2D eigenvalue weighted by atomic mass is 16.5. The molecule has 2 rings (SSSR count). The van der Waals surface area contributed by atoms with Gasteiger partial charge in [-0.1, -0.05) is 43.7 Å². The first-order valence-corrected chi connectivity index (χ1v) is 8.23. The van der Waals surface area contributed by atoms with Crippen LogP contribution in [0.25, 0.3) is 0 Å². The van der Waals surface area contributed by atoms with Gasteiger partial charge in [0.1, 0.15) is 5.69 Å². The molecule has 1 aromatic carbocycles. The Morgan fingerprint density at radius 1 is 1.22 bits per heavy atom. The minimum atomic E-state index is -0.132. The van der Waals surface area contributed by atoms with Crippen LogP contribution in [0.4, 0.5) is 0 Å². The third-order valence-corrected chi connectivity index (χ3v) is 3.51. The van der Waals surface area contributed by atoms with Crippen LogP contribution in [0.1, 0.15) is 41.5 Å². The first-order chi connectivity index (χ1) is 11.3. The van der Waals surface area contributed by atoms with Gasteiger partial charge in [0.15, 0.2) is 0 Å². The summed E-state index contributed by atoms with van der Waals surface area (Å²) in [7, 11) is 0. The lowest BCUT2D eigenvalue weighted by molar-refractivity contribution is 0.0937. The molecular weight excluding hydrogens is 290 g/mol. The molecule has 0 bridgehead atoms. The standard InChI is InChI=1S/C18H25N3O2/c1-2-7-16-14-17(21-20-16)18(22)19-11-6-12-23-13-10-15-8-4-3-5-9-15/h3-5,8-9,14H,2,6-7,10-13H2,1H3,(H,19,22)(H,20,21). The third-order valence-electron chi connectivity index (χ3n) is 3.51. The fourth-order valence-corrected chi connectivity index (χ4v) is 2.28. The predicted octanol–water partition coefficient (Wildman–Crippen LogP) is 2.74. The van der Waals surface area contributed by atoms with Gasteiger partial charge >= 0.3 is 0 Å². The number of nitrogens with zero attached hydrogens (tertiary/aromatic N) is 1. The number of aryl methyl sites for hydroxylation is 1. The number of carbonyl (C=O) groups excluding carboxylic acids is 1. The summed E-state index contributed by atoms with van der Waals surface area (Å²) in [6.07, 6.45) is 3.66. The topological polar surface area (TPSA) is 67.0 Å². The first kappa shape index (κ1) is 17.2. The monoisotopic (exact) mass is 315 g/mol. The van der Waals surface area contributed by atoms with Crippen LogP contribution < -0.4 is 5.32 Å². The maximum atomic E-state index is 11.9. The van der Waals surface area contributed by atoms with Crippen molar-refractivity contribution in [1.82, 2.24) is 15.5 Å². The van der Waals surface area contributed by atoms with Crippen molar-refractivity contribution in [2.75, 3.05) is 19.8 Å². The van der Waals surface area contributed by atoms with Crippen LogP contribution in [0.15, 0.2) is 36.4 Å². The maximum absolute atomic E-state index is 11.9. The fourth-order valence-electron chi connectivity index (χ4n) is 2.28. The van der Waals surface area contributed by atoms with E-state index in [0.29, 0.717) is 25.5 Å². The summed E-state index contributed by atoms with van der Waals surface area (Å²) in [5.41, 5.74) is 2.74. The van der Waals surface area contributed by atoms with Gasteiger partial charge in [0, 0.05) is 18.8 Å². The average Bonchev–Trinajstić information content (AvgIpc) is 3.04. The van der Waals surface area contributed by atoms with E-state index in [1.807, 2.05) is 24.3 Å². The normalized spacial score (nSPS) is 10.7. The average molecular weight is 315 g/mol. The van der Waals surface area contributed by atoms with Crippen molar-refractivity contribution in [2.45, 2.75) is 32.6 Å². The molecule has 0 aliphatic carbocycles. The summed E-state index contributed by atoms with van der Waals surface area (Å²) >= 11 is 0. The number of aromatic nitrogens is 2. The second-order valence-corrected chi connectivity index (χ2v) is 5.49. The Hall–Kier alpha value is -2.14. The molecule has 0 spiro atoms. The zero-order chi connectivity index (χ0) is 16.3. The number of amides is 1. The minimum absolute atomic E-state index is 0.132. The molecule has 0 saturated heterocycles. The van der Waals surface area contributed by atoms with Crippen molar-refractivity contribution in [1.29, 1.82) is 0 Å². The smallest absolute Gasteiger partial charge is 0.271 e. The Labute approximate surface area is 137 Å². The van der Waals surface area contributed by atoms with Crippen molar-refractivity contribution in [3.05, 3.63) is 53.3 Å². The lowest BCUT2D eigenvalue weighted by Crippen LogP contribution is -2.25. The van der Waals surface area contributed by atoms with Gasteiger partial charge in [-0.3, -0.25) is 9.89 Å². The lowest BCUT2D eigenvalue weighted by atomic mass is 10.2. The number of rotatable bonds is 10. The Balaban J connectivity index is 1.53. The number of carbonyl (C=O) groups is 1. The van der Waals surface area contributed by atoms with Gasteiger partial charge in [0.25, 0.3) is 5.91 Å². The van der Waals surface area contributed by atoms with E-state index >= 15 is 0 Å². The molecule has 1 amide bonds. The molecule has 0 aliphatic rings. The van der Waals surface area contributed by atoms with Gasteiger partial charge in [0.05, 0.1) is 6.61 Å². The number of hydrogen-bond acceptors (Lipinski definition) is 3. The molecule has 5 nitrogen and oxygen atoms in total. The molecule has 0 atom stereocenters. The van der Waals surface area contributed by atoms with Crippen LogP contribution >= 0.6 is 0 Å². The van der Waals surface area contributed by atoms with Gasteiger partial charge < -0.3 is 10.1 Å². The zero-order valence-corrected chi connectivity index (χ0v) is 13.7. The largest absolute Gasteiger partial charge is 0.381 e. The molecule has 23 heavy (non-hydrogen) atoms. The van der Waals surface area contributed by atoms with E-state index in [1.54, 1.807) is 0 Å². The van der Waals surface area contributed by atoms with E-state index in [2.05, 4.69) is 34.6 Å². The Morgan fingerprint density at radius 2 is 2.04 bits per heavy atom. The number of aromatic amines is 1. The number of hydrogen-bond donors (Lipinski definition) is 2. The first-order valence-electron chi connectivity index (χ1n) is 8.23. The lowest BCUT2D eigenvalue weighted by Gasteiger charge is -2.05. The second-order valence-electron chi connectivity index (χ2n) is 5.49. The SMILES string of the molecule is CCCc1cc(C(=O)NCCCOCCc2ccccc2)n[nH]1. The Morgan fingerprint density at radius 3 is 2.83 bits per heavy atom. The van der Waals surface area contributed by atoms with Gasteiger partial charge in [-0.2, -0.15) is 5.10 Å². The van der Waals surface area contributed by atoms with Crippen LogP contribution in [0.2, 0.25) is 0 Å². The van der Waals surface area contributed by atoms with Crippen molar-refractivity contribution in [3.63, 3.8) is 0 Å². The van der Waals surface area contributed by atoms with E-state index in [9.17, 15) is 4.79 Å². The van der Waals surface area contributed by atoms with Gasteiger partial charge in [-0.05, 0) is 30.9 Å². The van der Waals surface area contributed by atoms with E-state index in [4.69, 9.17) is 4.74 Å². The molecule has 0 saturated carbocycles. The number of ether oxygens (including phenoxy) is 1. The summed E-state index contributed by atoms with van der Waals surface area (Å²) < 4.78 is 5.59. The Bertz CT molecular complexity index is 581. The van der Waals surface area contributed by atoms with E-state index in [-0.39, 0.29) is 5.91 Å². The molecule has 124 valence electrons. The maximum Gasteiger partial charge on any atom is 0.271 e. The molecule has 1 aromatic heterocycles. The van der Waals surface area contributed by atoms with Crippen LogP contribution in [0, 0.1) is 0 Å². The summed E-state index contributed by atoms with van der Waals surface area (Å²) in [5.74, 6) is -0.132. The summed E-state index contributed by atoms with van der Waals surface area (Å²) in [5, 5.41) is 9.78. The molecule has 5 heteroatoms. The van der Waals surface area contributed by atoms with Crippen molar-refractivity contribution in [2.24, 2.45) is 0 Å². The van der Waals surface area contributed by atoms with Gasteiger partial charge in [0.2, 0.25) is 0 Å². The molecule has 0 fully saturated rings. The quantitative estimate of drug-likeness (QED) is 0.663. The second kappa shape index (κ2) is 9.79. The van der Waals surface area contributed by atoms with Gasteiger partial charge in [-0.25, -0.2) is 0 Å². The van der Waals surface area contributed by atoms with E-state index in [0.717, 1.165) is 31.4 Å². The Kier molecular flexibility index (Phi) is 7.33. The van der Waals surface area contributed by atoms with E-state index < -0.39 is 0 Å². The number of benzene rings is 1. The fraction of sp³-hybridized carbons (Fsp3) is 0.444. The van der Waals surface area contributed by atoms with Crippen LogP contribution in [0.5, 0.6) is 0 Å². The summed E-state index contributed by atoms with van der Waals surface area (Å²) in [6.45, 7) is 4.05. The molecule has 1 heterocycles. The highest BCUT2D eigenvalue weighted by Gasteiger charge is 2.09. The van der Waals surface area contributed by atoms with Crippen molar-refractivity contribution in [3.8, 4) is 0 Å². The molecule has 2 N–H and O–H groups in total. The highest BCUT2D eigenvalue weighted by Crippen LogP contribution is 2.02. The molecule has 0 radical (unpaired) electrons. The van der Waals surface area contributed by atoms with Crippen LogP contribution in [0.3, 0.4) is 0 Å². The number of nitrogens with one attached hydrogen (secondary N) is 2. The number of H-pyrrole nitrogens is 1. The minimum Gasteiger partial charge on any atom is -0.381 e. The highest BCUT2D eigenvalue weighted by molar-refractivity contribution is 5.92.